The minimum Gasteiger partial charge on any atom is -0.308 e. The average molecular weight is 399 g/mol. The van der Waals surface area contributed by atoms with E-state index in [1.54, 1.807) is 11.3 Å². The smallest absolute Gasteiger partial charge is 0.0991 e. The summed E-state index contributed by atoms with van der Waals surface area (Å²) in [6, 6.07) is 30.9. The Labute approximate surface area is 176 Å². The van der Waals surface area contributed by atoms with Crippen LogP contribution < -0.4 is 0 Å². The monoisotopic (exact) mass is 399 g/mol. The molecular weight excluding hydrogens is 386 g/mol. The van der Waals surface area contributed by atoms with Crippen LogP contribution in [0.3, 0.4) is 0 Å². The number of para-hydroxylation sites is 1. The summed E-state index contributed by atoms with van der Waals surface area (Å²) >= 11 is 1.75. The van der Waals surface area contributed by atoms with Crippen LogP contribution in [-0.4, -0.2) is 4.57 Å². The van der Waals surface area contributed by atoms with Crippen LogP contribution >= 0.6 is 11.3 Å². The maximum Gasteiger partial charge on any atom is 0.0991 e. The van der Waals surface area contributed by atoms with E-state index < -0.39 is 0 Å². The van der Waals surface area contributed by atoms with Gasteiger partial charge in [-0.25, -0.2) is 0 Å². The van der Waals surface area contributed by atoms with Gasteiger partial charge in [-0.1, -0.05) is 30.3 Å². The molecule has 4 heteroatoms. The van der Waals surface area contributed by atoms with E-state index in [0.29, 0.717) is 11.1 Å². The van der Waals surface area contributed by atoms with Gasteiger partial charge in [0, 0.05) is 26.2 Å². The van der Waals surface area contributed by atoms with Crippen molar-refractivity contribution in [3.05, 3.63) is 90.0 Å². The maximum atomic E-state index is 9.38. The van der Waals surface area contributed by atoms with Gasteiger partial charge in [-0.3, -0.25) is 0 Å². The third-order valence-electron chi connectivity index (χ3n) is 5.65. The minimum absolute atomic E-state index is 0.662. The summed E-state index contributed by atoms with van der Waals surface area (Å²) in [6.07, 6.45) is 0. The fourth-order valence-electron chi connectivity index (χ4n) is 4.33. The van der Waals surface area contributed by atoms with Crippen LogP contribution in [0.1, 0.15) is 11.1 Å². The van der Waals surface area contributed by atoms with Crippen molar-refractivity contribution in [2.24, 2.45) is 0 Å². The van der Waals surface area contributed by atoms with E-state index in [4.69, 9.17) is 0 Å². The Bertz CT molecular complexity index is 1720. The molecule has 0 amide bonds. The number of hydrogen-bond acceptors (Lipinski definition) is 3. The van der Waals surface area contributed by atoms with Gasteiger partial charge in [0.15, 0.2) is 0 Å². The number of aromatic nitrogens is 1. The quantitative estimate of drug-likeness (QED) is 0.302. The molecule has 0 bridgehead atoms. The molecule has 2 aromatic heterocycles. The summed E-state index contributed by atoms with van der Waals surface area (Å²) < 4.78 is 4.65. The molecule has 6 aromatic rings. The van der Waals surface area contributed by atoms with E-state index in [2.05, 4.69) is 47.0 Å². The predicted octanol–water partition coefficient (Wildman–Crippen LogP) is 6.89. The molecule has 138 valence electrons. The standard InChI is InChI=1S/C26H13N3S/c27-14-16-8-10-23-20(12-16)18-4-1-2-6-22(18)29(23)24-7-3-5-19-21-13-17(15-28)9-11-25(21)30-26(19)24/h1-13H. The molecule has 0 aliphatic carbocycles. The van der Waals surface area contributed by atoms with Gasteiger partial charge in [0.2, 0.25) is 0 Å². The van der Waals surface area contributed by atoms with Crippen LogP contribution in [0.2, 0.25) is 0 Å². The van der Waals surface area contributed by atoms with Gasteiger partial charge in [-0.15, -0.1) is 11.3 Å². The van der Waals surface area contributed by atoms with E-state index in [1.807, 2.05) is 48.5 Å². The lowest BCUT2D eigenvalue weighted by molar-refractivity contribution is 1.20. The molecule has 0 aliphatic heterocycles. The van der Waals surface area contributed by atoms with Gasteiger partial charge < -0.3 is 4.57 Å². The molecule has 30 heavy (non-hydrogen) atoms. The zero-order valence-corrected chi connectivity index (χ0v) is 16.6. The van der Waals surface area contributed by atoms with Crippen molar-refractivity contribution in [1.29, 1.82) is 10.5 Å². The normalized spacial score (nSPS) is 11.3. The molecule has 3 nitrogen and oxygen atoms in total. The van der Waals surface area contributed by atoms with Crippen LogP contribution in [0.25, 0.3) is 47.7 Å². The number of hydrogen-bond donors (Lipinski definition) is 0. The second-order valence-electron chi connectivity index (χ2n) is 7.27. The van der Waals surface area contributed by atoms with Gasteiger partial charge >= 0.3 is 0 Å². The first-order chi connectivity index (χ1) is 14.8. The summed E-state index contributed by atoms with van der Waals surface area (Å²) in [7, 11) is 0. The van der Waals surface area contributed by atoms with E-state index in [1.165, 1.54) is 9.40 Å². The Morgan fingerprint density at radius 3 is 2.17 bits per heavy atom. The molecule has 6 rings (SSSR count). The van der Waals surface area contributed by atoms with Gasteiger partial charge in [-0.05, 0) is 48.5 Å². The molecule has 0 atom stereocenters. The van der Waals surface area contributed by atoms with E-state index in [9.17, 15) is 10.5 Å². The maximum absolute atomic E-state index is 9.38. The van der Waals surface area contributed by atoms with Crippen LogP contribution in [0.5, 0.6) is 0 Å². The molecule has 0 radical (unpaired) electrons. The molecule has 0 aliphatic rings. The molecule has 0 fully saturated rings. The Morgan fingerprint density at radius 2 is 1.33 bits per heavy atom. The number of nitriles is 2. The highest BCUT2D eigenvalue weighted by atomic mass is 32.1. The van der Waals surface area contributed by atoms with Crippen LogP contribution in [0, 0.1) is 22.7 Å². The van der Waals surface area contributed by atoms with Crippen molar-refractivity contribution in [3.63, 3.8) is 0 Å². The molecule has 4 aromatic carbocycles. The van der Waals surface area contributed by atoms with Gasteiger partial charge in [0.25, 0.3) is 0 Å². The summed E-state index contributed by atoms with van der Waals surface area (Å²) in [5, 5.41) is 23.2. The molecule has 0 unspecified atom stereocenters. The van der Waals surface area contributed by atoms with E-state index in [0.717, 1.165) is 38.3 Å². The van der Waals surface area contributed by atoms with Crippen LogP contribution in [0.15, 0.2) is 78.9 Å². The topological polar surface area (TPSA) is 52.5 Å². The SMILES string of the molecule is N#Cc1ccc2sc3c(-n4c5ccccc5c5cc(C#N)ccc54)cccc3c2c1. The third kappa shape index (κ3) is 2.23. The van der Waals surface area contributed by atoms with Crippen molar-refractivity contribution in [2.75, 3.05) is 0 Å². The average Bonchev–Trinajstić information content (AvgIpc) is 3.33. The second-order valence-corrected chi connectivity index (χ2v) is 8.33. The van der Waals surface area contributed by atoms with Gasteiger partial charge in [-0.2, -0.15) is 10.5 Å². The minimum atomic E-state index is 0.662. The zero-order chi connectivity index (χ0) is 20.2. The van der Waals surface area contributed by atoms with Crippen LogP contribution in [0.4, 0.5) is 0 Å². The van der Waals surface area contributed by atoms with Crippen molar-refractivity contribution >= 4 is 53.3 Å². The highest BCUT2D eigenvalue weighted by Crippen LogP contribution is 2.41. The molecule has 2 heterocycles. The number of benzene rings is 4. The summed E-state index contributed by atoms with van der Waals surface area (Å²) in [5.74, 6) is 0. The van der Waals surface area contributed by atoms with Crippen molar-refractivity contribution in [3.8, 4) is 17.8 Å². The molecule has 0 saturated heterocycles. The first-order valence-electron chi connectivity index (χ1n) is 9.57. The first kappa shape index (κ1) is 16.8. The molecule has 0 N–H and O–H groups in total. The highest BCUT2D eigenvalue weighted by molar-refractivity contribution is 7.26. The predicted molar refractivity (Wildman–Crippen MR) is 123 cm³/mol. The Balaban J connectivity index is 1.78. The first-order valence-corrected chi connectivity index (χ1v) is 10.4. The third-order valence-corrected chi connectivity index (χ3v) is 6.86. The number of fused-ring (bicyclic) bond motifs is 6. The number of nitrogens with zero attached hydrogens (tertiary/aromatic N) is 3. The second kappa shape index (κ2) is 6.19. The molecule has 0 saturated carbocycles. The lowest BCUT2D eigenvalue weighted by Gasteiger charge is -2.09. The van der Waals surface area contributed by atoms with Gasteiger partial charge in [0.05, 0.1) is 44.7 Å². The highest BCUT2D eigenvalue weighted by Gasteiger charge is 2.16. The van der Waals surface area contributed by atoms with Crippen molar-refractivity contribution in [1.82, 2.24) is 4.57 Å². The lowest BCUT2D eigenvalue weighted by atomic mass is 10.1. The number of thiophene rings is 1. The fraction of sp³-hybridized carbons (Fsp3) is 0. The molecular formula is C26H13N3S. The number of rotatable bonds is 1. The molecule has 0 spiro atoms. The Morgan fingerprint density at radius 1 is 0.633 bits per heavy atom. The van der Waals surface area contributed by atoms with Crippen LogP contribution in [-0.2, 0) is 0 Å². The van der Waals surface area contributed by atoms with Crippen molar-refractivity contribution < 1.29 is 0 Å². The largest absolute Gasteiger partial charge is 0.308 e. The summed E-state index contributed by atoms with van der Waals surface area (Å²) in [6.45, 7) is 0. The lowest BCUT2D eigenvalue weighted by Crippen LogP contribution is -1.93. The summed E-state index contributed by atoms with van der Waals surface area (Å²) in [4.78, 5) is 0. The fourth-order valence-corrected chi connectivity index (χ4v) is 5.52. The van der Waals surface area contributed by atoms with Crippen molar-refractivity contribution in [2.45, 2.75) is 0 Å². The Kier molecular flexibility index (Phi) is 3.47. The van der Waals surface area contributed by atoms with E-state index >= 15 is 0 Å². The summed E-state index contributed by atoms with van der Waals surface area (Å²) in [5.41, 5.74) is 4.65. The Hall–Kier alpha value is -4.12. The van der Waals surface area contributed by atoms with E-state index in [-0.39, 0.29) is 0 Å². The zero-order valence-electron chi connectivity index (χ0n) is 15.8. The van der Waals surface area contributed by atoms with Gasteiger partial charge in [0.1, 0.15) is 0 Å².